The summed E-state index contributed by atoms with van der Waals surface area (Å²) in [6.45, 7) is 0.379. The third-order valence-electron chi connectivity index (χ3n) is 2.19. The maximum absolute atomic E-state index is 8.66. The average Bonchev–Trinajstić information content (AvgIpc) is 2.38. The van der Waals surface area contributed by atoms with Gasteiger partial charge in [0.1, 0.15) is 0 Å². The summed E-state index contributed by atoms with van der Waals surface area (Å²) in [4.78, 5) is 4.05. The van der Waals surface area contributed by atoms with Crippen LogP contribution in [0.15, 0.2) is 17.1 Å². The van der Waals surface area contributed by atoms with E-state index in [1.807, 2.05) is 6.07 Å². The SMILES string of the molecule is COc1ccc(/C=N/CCO)c(OC)c1OC. The van der Waals surface area contributed by atoms with Gasteiger partial charge in [-0.1, -0.05) is 0 Å². The summed E-state index contributed by atoms with van der Waals surface area (Å²) in [5.41, 5.74) is 0.776. The molecule has 1 N–H and O–H groups in total. The maximum Gasteiger partial charge on any atom is 0.203 e. The molecule has 0 aliphatic rings. The zero-order chi connectivity index (χ0) is 12.7. The average molecular weight is 239 g/mol. The smallest absolute Gasteiger partial charge is 0.203 e. The summed E-state index contributed by atoms with van der Waals surface area (Å²) in [6, 6.07) is 3.60. The third kappa shape index (κ3) is 3.10. The summed E-state index contributed by atoms with van der Waals surface area (Å²) in [5.74, 6) is 1.69. The van der Waals surface area contributed by atoms with Crippen LogP contribution in [0.4, 0.5) is 0 Å². The molecule has 0 amide bonds. The van der Waals surface area contributed by atoms with Crippen molar-refractivity contribution in [2.24, 2.45) is 4.99 Å². The van der Waals surface area contributed by atoms with Gasteiger partial charge in [-0.3, -0.25) is 4.99 Å². The molecule has 0 aliphatic heterocycles. The van der Waals surface area contributed by atoms with E-state index in [9.17, 15) is 0 Å². The van der Waals surface area contributed by atoms with Gasteiger partial charge in [0.25, 0.3) is 0 Å². The number of aliphatic imine (C=N–C) groups is 1. The second-order valence-corrected chi connectivity index (χ2v) is 3.18. The van der Waals surface area contributed by atoms with Crippen molar-refractivity contribution < 1.29 is 19.3 Å². The lowest BCUT2D eigenvalue weighted by atomic mass is 10.2. The van der Waals surface area contributed by atoms with E-state index in [0.29, 0.717) is 23.8 Å². The van der Waals surface area contributed by atoms with Crippen LogP contribution in [-0.2, 0) is 0 Å². The molecule has 1 rings (SSSR count). The molecule has 0 saturated heterocycles. The van der Waals surface area contributed by atoms with Crippen molar-refractivity contribution >= 4 is 6.21 Å². The van der Waals surface area contributed by atoms with Gasteiger partial charge in [-0.25, -0.2) is 0 Å². The molecule has 1 aromatic rings. The normalized spacial score (nSPS) is 10.6. The first-order valence-corrected chi connectivity index (χ1v) is 5.18. The fraction of sp³-hybridized carbons (Fsp3) is 0.417. The molecule has 0 aromatic heterocycles. The maximum atomic E-state index is 8.66. The summed E-state index contributed by atoms with van der Waals surface area (Å²) >= 11 is 0. The molecule has 0 aliphatic carbocycles. The van der Waals surface area contributed by atoms with E-state index in [4.69, 9.17) is 19.3 Å². The highest BCUT2D eigenvalue weighted by Gasteiger charge is 2.14. The van der Waals surface area contributed by atoms with Crippen LogP contribution in [0.2, 0.25) is 0 Å². The Morgan fingerprint density at radius 3 is 2.35 bits per heavy atom. The fourth-order valence-corrected chi connectivity index (χ4v) is 1.45. The van der Waals surface area contributed by atoms with Gasteiger partial charge in [-0.15, -0.1) is 0 Å². The largest absolute Gasteiger partial charge is 0.493 e. The number of aliphatic hydroxyl groups excluding tert-OH is 1. The Morgan fingerprint density at radius 1 is 1.12 bits per heavy atom. The van der Waals surface area contributed by atoms with Gasteiger partial charge >= 0.3 is 0 Å². The van der Waals surface area contributed by atoms with Crippen LogP contribution in [0.3, 0.4) is 0 Å². The first kappa shape index (κ1) is 13.3. The van der Waals surface area contributed by atoms with Gasteiger partial charge < -0.3 is 19.3 Å². The number of hydrogen-bond acceptors (Lipinski definition) is 5. The first-order chi connectivity index (χ1) is 8.28. The van der Waals surface area contributed by atoms with Crippen molar-refractivity contribution in [2.75, 3.05) is 34.5 Å². The molecule has 5 nitrogen and oxygen atoms in total. The fourth-order valence-electron chi connectivity index (χ4n) is 1.45. The molecule has 0 fully saturated rings. The Labute approximate surface area is 101 Å². The third-order valence-corrected chi connectivity index (χ3v) is 2.19. The summed E-state index contributed by atoms with van der Waals surface area (Å²) in [6.07, 6.45) is 1.64. The lowest BCUT2D eigenvalue weighted by Gasteiger charge is -2.13. The molecule has 0 unspecified atom stereocenters. The molecule has 0 bridgehead atoms. The first-order valence-electron chi connectivity index (χ1n) is 5.18. The number of ether oxygens (including phenoxy) is 3. The molecule has 0 spiro atoms. The minimum atomic E-state index is 0.0199. The van der Waals surface area contributed by atoms with Gasteiger partial charge in [0, 0.05) is 11.8 Å². The van der Waals surface area contributed by atoms with Crippen LogP contribution in [-0.4, -0.2) is 45.8 Å². The number of benzene rings is 1. The van der Waals surface area contributed by atoms with Gasteiger partial charge in [0.15, 0.2) is 11.5 Å². The molecule has 17 heavy (non-hydrogen) atoms. The topological polar surface area (TPSA) is 60.3 Å². The Kier molecular flexibility index (Phi) is 5.29. The monoisotopic (exact) mass is 239 g/mol. The van der Waals surface area contributed by atoms with Crippen molar-refractivity contribution in [2.45, 2.75) is 0 Å². The standard InChI is InChI=1S/C12H17NO4/c1-15-10-5-4-9(8-13-6-7-14)11(16-2)12(10)17-3/h4-5,8,14H,6-7H2,1-3H3/b13-8+. The number of aliphatic hydroxyl groups is 1. The van der Waals surface area contributed by atoms with Gasteiger partial charge in [-0.2, -0.15) is 0 Å². The van der Waals surface area contributed by atoms with Crippen LogP contribution >= 0.6 is 0 Å². The summed E-state index contributed by atoms with van der Waals surface area (Å²) in [7, 11) is 4.67. The molecule has 5 heteroatoms. The molecule has 0 radical (unpaired) electrons. The van der Waals surface area contributed by atoms with E-state index < -0.39 is 0 Å². The predicted octanol–water partition coefficient (Wildman–Crippen LogP) is 1.12. The second-order valence-electron chi connectivity index (χ2n) is 3.18. The van der Waals surface area contributed by atoms with E-state index in [1.54, 1.807) is 33.6 Å². The molecule has 0 heterocycles. The van der Waals surface area contributed by atoms with Gasteiger partial charge in [-0.05, 0) is 12.1 Å². The van der Waals surface area contributed by atoms with E-state index >= 15 is 0 Å². The second kappa shape index (κ2) is 6.75. The highest BCUT2D eigenvalue weighted by molar-refractivity contribution is 5.86. The summed E-state index contributed by atoms with van der Waals surface area (Å²) in [5, 5.41) is 8.66. The van der Waals surface area contributed by atoms with Crippen molar-refractivity contribution in [3.63, 3.8) is 0 Å². The lowest BCUT2D eigenvalue weighted by molar-refractivity contribution is 0.307. The Balaban J connectivity index is 3.14. The van der Waals surface area contributed by atoms with Crippen molar-refractivity contribution in [3.8, 4) is 17.2 Å². The quantitative estimate of drug-likeness (QED) is 0.756. The Bertz CT molecular complexity index is 390. The van der Waals surface area contributed by atoms with Crippen LogP contribution in [0, 0.1) is 0 Å². The minimum Gasteiger partial charge on any atom is -0.493 e. The van der Waals surface area contributed by atoms with Crippen LogP contribution in [0.25, 0.3) is 0 Å². The molecule has 1 aromatic carbocycles. The van der Waals surface area contributed by atoms with E-state index in [1.165, 1.54) is 0 Å². The number of rotatable bonds is 6. The van der Waals surface area contributed by atoms with E-state index in [-0.39, 0.29) is 6.61 Å². The summed E-state index contributed by atoms with van der Waals surface area (Å²) < 4.78 is 15.7. The Hall–Kier alpha value is -1.75. The number of methoxy groups -OCH3 is 3. The van der Waals surface area contributed by atoms with Crippen LogP contribution < -0.4 is 14.2 Å². The molecular formula is C12H17NO4. The highest BCUT2D eigenvalue weighted by atomic mass is 16.5. The van der Waals surface area contributed by atoms with Crippen molar-refractivity contribution in [1.82, 2.24) is 0 Å². The highest BCUT2D eigenvalue weighted by Crippen LogP contribution is 2.38. The molecule has 0 atom stereocenters. The van der Waals surface area contributed by atoms with Crippen LogP contribution in [0.1, 0.15) is 5.56 Å². The number of nitrogens with zero attached hydrogens (tertiary/aromatic N) is 1. The minimum absolute atomic E-state index is 0.0199. The van der Waals surface area contributed by atoms with E-state index in [0.717, 1.165) is 5.56 Å². The zero-order valence-corrected chi connectivity index (χ0v) is 10.3. The molecule has 0 saturated carbocycles. The zero-order valence-electron chi connectivity index (χ0n) is 10.3. The van der Waals surface area contributed by atoms with E-state index in [2.05, 4.69) is 4.99 Å². The van der Waals surface area contributed by atoms with Crippen LogP contribution in [0.5, 0.6) is 17.2 Å². The molecule has 94 valence electrons. The molecular weight excluding hydrogens is 222 g/mol. The number of hydrogen-bond donors (Lipinski definition) is 1. The Morgan fingerprint density at radius 2 is 1.82 bits per heavy atom. The van der Waals surface area contributed by atoms with Crippen molar-refractivity contribution in [3.05, 3.63) is 17.7 Å². The lowest BCUT2D eigenvalue weighted by Crippen LogP contribution is -1.99. The van der Waals surface area contributed by atoms with Gasteiger partial charge in [0.2, 0.25) is 5.75 Å². The predicted molar refractivity (Wildman–Crippen MR) is 65.6 cm³/mol. The van der Waals surface area contributed by atoms with Gasteiger partial charge in [0.05, 0.1) is 34.5 Å². The van der Waals surface area contributed by atoms with Crippen molar-refractivity contribution in [1.29, 1.82) is 0 Å².